The molecule has 22 heavy (non-hydrogen) atoms. The van der Waals surface area contributed by atoms with Crippen molar-refractivity contribution in [2.75, 3.05) is 32.8 Å². The molecule has 0 amide bonds. The van der Waals surface area contributed by atoms with Crippen molar-refractivity contribution in [1.29, 1.82) is 0 Å². The normalized spacial score (nSPS) is 11.3. The number of benzene rings is 2. The summed E-state index contributed by atoms with van der Waals surface area (Å²) in [5.74, 6) is 0.305. The summed E-state index contributed by atoms with van der Waals surface area (Å²) in [4.78, 5) is 2.39. The molecule has 2 heteroatoms. The van der Waals surface area contributed by atoms with E-state index in [4.69, 9.17) is 4.74 Å². The van der Waals surface area contributed by atoms with Gasteiger partial charge in [0.25, 0.3) is 0 Å². The second-order valence-corrected chi connectivity index (χ2v) is 5.48. The lowest BCUT2D eigenvalue weighted by atomic mass is 9.92. The Hall–Kier alpha value is -1.64. The van der Waals surface area contributed by atoms with E-state index >= 15 is 0 Å². The lowest BCUT2D eigenvalue weighted by molar-refractivity contribution is 0.102. The molecule has 0 unspecified atom stereocenters. The molecule has 0 N–H and O–H groups in total. The summed E-state index contributed by atoms with van der Waals surface area (Å²) in [7, 11) is 0. The van der Waals surface area contributed by atoms with Gasteiger partial charge >= 0.3 is 0 Å². The highest BCUT2D eigenvalue weighted by Gasteiger charge is 2.14. The van der Waals surface area contributed by atoms with Crippen LogP contribution in [0.5, 0.6) is 0 Å². The van der Waals surface area contributed by atoms with Crippen LogP contribution >= 0.6 is 0 Å². The van der Waals surface area contributed by atoms with E-state index in [1.165, 1.54) is 11.1 Å². The molecular weight excluding hydrogens is 270 g/mol. The molecule has 0 saturated heterocycles. The summed E-state index contributed by atoms with van der Waals surface area (Å²) in [6.45, 7) is 9.08. The molecule has 118 valence electrons. The van der Waals surface area contributed by atoms with Gasteiger partial charge in [-0.05, 0) is 24.2 Å². The molecule has 0 heterocycles. The molecule has 0 radical (unpaired) electrons. The second-order valence-electron chi connectivity index (χ2n) is 5.48. The summed E-state index contributed by atoms with van der Waals surface area (Å²) in [5, 5.41) is 0. The molecule has 0 spiro atoms. The predicted octanol–water partition coefficient (Wildman–Crippen LogP) is 4.18. The van der Waals surface area contributed by atoms with Crippen molar-refractivity contribution in [3.8, 4) is 0 Å². The molecule has 0 aliphatic rings. The Kier molecular flexibility index (Phi) is 7.14. The highest BCUT2D eigenvalue weighted by atomic mass is 16.5. The molecule has 0 aliphatic heterocycles. The largest absolute Gasteiger partial charge is 0.379 e. The third-order valence-electron chi connectivity index (χ3n) is 4.13. The van der Waals surface area contributed by atoms with E-state index in [1.54, 1.807) is 0 Å². The fourth-order valence-electron chi connectivity index (χ4n) is 2.69. The quantitative estimate of drug-likeness (QED) is 0.644. The molecule has 2 nitrogen and oxygen atoms in total. The molecule has 0 saturated carbocycles. The first-order valence-corrected chi connectivity index (χ1v) is 8.25. The summed E-state index contributed by atoms with van der Waals surface area (Å²) < 4.78 is 6.00. The lowest BCUT2D eigenvalue weighted by Gasteiger charge is -2.21. The Bertz CT molecular complexity index is 468. The number of likely N-dealkylation sites (N-methyl/N-ethyl adjacent to an activating group) is 1. The van der Waals surface area contributed by atoms with Crippen molar-refractivity contribution < 1.29 is 4.74 Å². The van der Waals surface area contributed by atoms with Crippen LogP contribution in [0.25, 0.3) is 0 Å². The van der Waals surface area contributed by atoms with Gasteiger partial charge in [-0.25, -0.2) is 0 Å². The van der Waals surface area contributed by atoms with Crippen LogP contribution in [0.1, 0.15) is 30.9 Å². The van der Waals surface area contributed by atoms with Crippen molar-refractivity contribution >= 4 is 0 Å². The van der Waals surface area contributed by atoms with Crippen LogP contribution in [0.15, 0.2) is 60.7 Å². The van der Waals surface area contributed by atoms with E-state index in [1.807, 2.05) is 0 Å². The van der Waals surface area contributed by atoms with Crippen LogP contribution in [-0.4, -0.2) is 37.7 Å². The van der Waals surface area contributed by atoms with Crippen LogP contribution in [-0.2, 0) is 4.74 Å². The molecule has 2 aromatic carbocycles. The van der Waals surface area contributed by atoms with Gasteiger partial charge < -0.3 is 9.64 Å². The maximum absolute atomic E-state index is 6.00. The van der Waals surface area contributed by atoms with Crippen LogP contribution in [0.3, 0.4) is 0 Å². The van der Waals surface area contributed by atoms with Gasteiger partial charge in [0.05, 0.1) is 13.2 Å². The van der Waals surface area contributed by atoms with Gasteiger partial charge in [-0.2, -0.15) is 0 Å². The van der Waals surface area contributed by atoms with E-state index in [9.17, 15) is 0 Å². The third kappa shape index (κ3) is 4.97. The monoisotopic (exact) mass is 297 g/mol. The maximum atomic E-state index is 6.00. The van der Waals surface area contributed by atoms with Crippen molar-refractivity contribution in [1.82, 2.24) is 4.90 Å². The fourth-order valence-corrected chi connectivity index (χ4v) is 2.69. The van der Waals surface area contributed by atoms with Gasteiger partial charge in [0, 0.05) is 12.5 Å². The zero-order valence-electron chi connectivity index (χ0n) is 13.7. The SMILES string of the molecule is CCN(CC)CCOCC(c1ccccc1)c1ccccc1. The van der Waals surface area contributed by atoms with Crippen molar-refractivity contribution in [2.24, 2.45) is 0 Å². The van der Waals surface area contributed by atoms with Crippen LogP contribution in [0.2, 0.25) is 0 Å². The second kappa shape index (κ2) is 9.39. The Morgan fingerprint density at radius 2 is 1.32 bits per heavy atom. The third-order valence-corrected chi connectivity index (χ3v) is 4.13. The van der Waals surface area contributed by atoms with Crippen LogP contribution in [0, 0.1) is 0 Å². The lowest BCUT2D eigenvalue weighted by Crippen LogP contribution is -2.27. The Morgan fingerprint density at radius 1 is 0.818 bits per heavy atom. The minimum absolute atomic E-state index is 0.305. The fraction of sp³-hybridized carbons (Fsp3) is 0.400. The number of hydrogen-bond donors (Lipinski definition) is 0. The zero-order chi connectivity index (χ0) is 15.6. The van der Waals surface area contributed by atoms with Gasteiger partial charge in [0.1, 0.15) is 0 Å². The van der Waals surface area contributed by atoms with Gasteiger partial charge in [-0.15, -0.1) is 0 Å². The molecule has 0 atom stereocenters. The number of rotatable bonds is 9. The average Bonchev–Trinajstić information content (AvgIpc) is 2.60. The molecule has 0 fully saturated rings. The van der Waals surface area contributed by atoms with E-state index in [0.717, 1.165) is 32.8 Å². The van der Waals surface area contributed by atoms with Gasteiger partial charge in [0.2, 0.25) is 0 Å². The van der Waals surface area contributed by atoms with Gasteiger partial charge in [0.15, 0.2) is 0 Å². The molecular formula is C20H27NO. The predicted molar refractivity (Wildman–Crippen MR) is 93.3 cm³/mol. The molecule has 0 aliphatic carbocycles. The first kappa shape index (κ1) is 16.7. The standard InChI is InChI=1S/C20H27NO/c1-3-21(4-2)15-16-22-17-20(18-11-7-5-8-12-18)19-13-9-6-10-14-19/h5-14,20H,3-4,15-17H2,1-2H3. The van der Waals surface area contributed by atoms with E-state index in [-0.39, 0.29) is 0 Å². The number of hydrogen-bond acceptors (Lipinski definition) is 2. The Balaban J connectivity index is 1.98. The highest BCUT2D eigenvalue weighted by Crippen LogP contribution is 2.24. The van der Waals surface area contributed by atoms with Gasteiger partial charge in [-0.1, -0.05) is 74.5 Å². The van der Waals surface area contributed by atoms with E-state index in [0.29, 0.717) is 5.92 Å². The zero-order valence-corrected chi connectivity index (χ0v) is 13.7. The van der Waals surface area contributed by atoms with Crippen LogP contribution < -0.4 is 0 Å². The Labute approximate surface area is 134 Å². The van der Waals surface area contributed by atoms with Crippen molar-refractivity contribution in [2.45, 2.75) is 19.8 Å². The summed E-state index contributed by atoms with van der Waals surface area (Å²) in [6.07, 6.45) is 0. The average molecular weight is 297 g/mol. The Morgan fingerprint density at radius 3 is 1.77 bits per heavy atom. The summed E-state index contributed by atoms with van der Waals surface area (Å²) >= 11 is 0. The van der Waals surface area contributed by atoms with E-state index < -0.39 is 0 Å². The van der Waals surface area contributed by atoms with E-state index in [2.05, 4.69) is 79.4 Å². The highest BCUT2D eigenvalue weighted by molar-refractivity contribution is 5.32. The first-order valence-electron chi connectivity index (χ1n) is 8.25. The molecule has 2 rings (SSSR count). The minimum Gasteiger partial charge on any atom is -0.379 e. The smallest absolute Gasteiger partial charge is 0.0593 e. The maximum Gasteiger partial charge on any atom is 0.0593 e. The minimum atomic E-state index is 0.305. The molecule has 0 aromatic heterocycles. The molecule has 0 bridgehead atoms. The number of ether oxygens (including phenoxy) is 1. The van der Waals surface area contributed by atoms with Crippen LogP contribution in [0.4, 0.5) is 0 Å². The topological polar surface area (TPSA) is 12.5 Å². The summed E-state index contributed by atoms with van der Waals surface area (Å²) in [6, 6.07) is 21.3. The van der Waals surface area contributed by atoms with Crippen molar-refractivity contribution in [3.63, 3.8) is 0 Å². The summed E-state index contributed by atoms with van der Waals surface area (Å²) in [5.41, 5.74) is 2.63. The first-order chi connectivity index (χ1) is 10.8. The molecule has 2 aromatic rings. The van der Waals surface area contributed by atoms with Crippen molar-refractivity contribution in [3.05, 3.63) is 71.8 Å². The van der Waals surface area contributed by atoms with Gasteiger partial charge in [-0.3, -0.25) is 0 Å². The number of nitrogens with zero attached hydrogens (tertiary/aromatic N) is 1.